The molecule has 0 aromatic heterocycles. The molecule has 0 aliphatic carbocycles. The third-order valence-electron chi connectivity index (χ3n) is 4.10. The van der Waals surface area contributed by atoms with Crippen LogP contribution in [0, 0.1) is 0 Å². The molecule has 0 saturated heterocycles. The molecule has 0 aliphatic rings. The van der Waals surface area contributed by atoms with Gasteiger partial charge in [0.05, 0.1) is 0 Å². The first-order valence-corrected chi connectivity index (χ1v) is 7.99. The first-order valence-electron chi connectivity index (χ1n) is 7.99. The second-order valence-electron chi connectivity index (χ2n) is 6.50. The van der Waals surface area contributed by atoms with Crippen molar-refractivity contribution in [1.82, 2.24) is 5.32 Å². The van der Waals surface area contributed by atoms with Crippen LogP contribution in [0.15, 0.2) is 24.3 Å². The van der Waals surface area contributed by atoms with Gasteiger partial charge >= 0.3 is 0 Å². The van der Waals surface area contributed by atoms with Crippen LogP contribution in [-0.4, -0.2) is 17.7 Å². The summed E-state index contributed by atoms with van der Waals surface area (Å²) in [5, 5.41) is 13.6. The molecule has 0 fully saturated rings. The Morgan fingerprint density at radius 3 is 2.55 bits per heavy atom. The molecule has 2 nitrogen and oxygen atoms in total. The highest BCUT2D eigenvalue weighted by molar-refractivity contribution is 5.37. The van der Waals surface area contributed by atoms with Gasteiger partial charge < -0.3 is 10.4 Å². The molecule has 114 valence electrons. The van der Waals surface area contributed by atoms with E-state index in [1.54, 1.807) is 6.07 Å². The summed E-state index contributed by atoms with van der Waals surface area (Å²) in [6.45, 7) is 10.1. The highest BCUT2D eigenvalue weighted by Crippen LogP contribution is 2.34. The largest absolute Gasteiger partial charge is 0.508 e. The summed E-state index contributed by atoms with van der Waals surface area (Å²) in [5.41, 5.74) is 1.10. The van der Waals surface area contributed by atoms with Crippen LogP contribution in [0.5, 0.6) is 5.75 Å². The Morgan fingerprint density at radius 2 is 1.90 bits per heavy atom. The number of para-hydroxylation sites is 1. The molecule has 0 radical (unpaired) electrons. The van der Waals surface area contributed by atoms with Gasteiger partial charge in [-0.1, -0.05) is 51.8 Å². The van der Waals surface area contributed by atoms with E-state index in [1.165, 1.54) is 25.7 Å². The van der Waals surface area contributed by atoms with E-state index < -0.39 is 0 Å². The van der Waals surface area contributed by atoms with E-state index in [4.69, 9.17) is 0 Å². The lowest BCUT2D eigenvalue weighted by atomic mass is 9.79. The number of unbranched alkanes of at least 4 members (excludes halogenated alkanes) is 1. The molecule has 0 saturated carbocycles. The minimum Gasteiger partial charge on any atom is -0.508 e. The van der Waals surface area contributed by atoms with E-state index in [9.17, 15) is 5.11 Å². The predicted molar refractivity (Wildman–Crippen MR) is 87.4 cm³/mol. The van der Waals surface area contributed by atoms with Crippen molar-refractivity contribution in [2.75, 3.05) is 6.54 Å². The van der Waals surface area contributed by atoms with Crippen LogP contribution in [-0.2, 0) is 5.41 Å². The van der Waals surface area contributed by atoms with Gasteiger partial charge in [-0.25, -0.2) is 0 Å². The van der Waals surface area contributed by atoms with Crippen LogP contribution in [0.4, 0.5) is 0 Å². The van der Waals surface area contributed by atoms with Crippen LogP contribution < -0.4 is 5.32 Å². The molecule has 2 N–H and O–H groups in total. The Hall–Kier alpha value is -1.02. The first-order chi connectivity index (χ1) is 9.47. The molecule has 1 aromatic rings. The molecular weight excluding hydrogens is 246 g/mol. The van der Waals surface area contributed by atoms with Gasteiger partial charge in [0.25, 0.3) is 0 Å². The number of hydrogen-bond acceptors (Lipinski definition) is 2. The Bertz CT molecular complexity index is 387. The van der Waals surface area contributed by atoms with Crippen molar-refractivity contribution in [3.05, 3.63) is 29.8 Å². The molecule has 1 rings (SSSR count). The summed E-state index contributed by atoms with van der Waals surface area (Å²) in [6.07, 6.45) is 5.99. The summed E-state index contributed by atoms with van der Waals surface area (Å²) in [5.74, 6) is 0.423. The second kappa shape index (κ2) is 8.31. The molecule has 1 unspecified atom stereocenters. The molecular formula is C18H31NO. The van der Waals surface area contributed by atoms with Crippen LogP contribution in [0.2, 0.25) is 0 Å². The standard InChI is InChI=1S/C18H31NO/c1-5-6-14-19-15(2)10-9-13-18(3,4)16-11-7-8-12-17(16)20/h7-8,11-12,15,19-20H,5-6,9-10,13-14H2,1-4H3. The normalized spacial score (nSPS) is 13.4. The number of aromatic hydroxyl groups is 1. The van der Waals surface area contributed by atoms with Crippen LogP contribution in [0.3, 0.4) is 0 Å². The third kappa shape index (κ3) is 5.54. The van der Waals surface area contributed by atoms with Gasteiger partial charge in [0.15, 0.2) is 0 Å². The quantitative estimate of drug-likeness (QED) is 0.646. The average molecular weight is 277 g/mol. The van der Waals surface area contributed by atoms with Crippen molar-refractivity contribution in [2.45, 2.75) is 71.3 Å². The number of phenolic OH excluding ortho intramolecular Hbond substituents is 1. The SMILES string of the molecule is CCCCNC(C)CCCC(C)(C)c1ccccc1O. The van der Waals surface area contributed by atoms with Gasteiger partial charge in [-0.3, -0.25) is 0 Å². The van der Waals surface area contributed by atoms with E-state index in [0.717, 1.165) is 18.5 Å². The zero-order chi connectivity index (χ0) is 15.0. The molecule has 2 heteroatoms. The Morgan fingerprint density at radius 1 is 1.20 bits per heavy atom. The molecule has 0 bridgehead atoms. The van der Waals surface area contributed by atoms with Crippen LogP contribution in [0.25, 0.3) is 0 Å². The monoisotopic (exact) mass is 277 g/mol. The van der Waals surface area contributed by atoms with Gasteiger partial charge in [0.2, 0.25) is 0 Å². The van der Waals surface area contributed by atoms with E-state index >= 15 is 0 Å². The molecule has 0 heterocycles. The Balaban J connectivity index is 2.38. The highest BCUT2D eigenvalue weighted by atomic mass is 16.3. The molecule has 20 heavy (non-hydrogen) atoms. The van der Waals surface area contributed by atoms with Gasteiger partial charge in [-0.15, -0.1) is 0 Å². The second-order valence-corrected chi connectivity index (χ2v) is 6.50. The van der Waals surface area contributed by atoms with Crippen molar-refractivity contribution in [2.24, 2.45) is 0 Å². The maximum Gasteiger partial charge on any atom is 0.119 e. The van der Waals surface area contributed by atoms with E-state index in [-0.39, 0.29) is 5.41 Å². The Labute approximate surface area is 124 Å². The minimum absolute atomic E-state index is 0.0362. The molecule has 1 atom stereocenters. The maximum atomic E-state index is 9.99. The lowest BCUT2D eigenvalue weighted by molar-refractivity contribution is 0.392. The zero-order valence-electron chi connectivity index (χ0n) is 13.6. The predicted octanol–water partition coefficient (Wildman–Crippen LogP) is 4.62. The average Bonchev–Trinajstić information content (AvgIpc) is 2.39. The summed E-state index contributed by atoms with van der Waals surface area (Å²) < 4.78 is 0. The molecule has 1 aromatic carbocycles. The number of hydrogen-bond donors (Lipinski definition) is 2. The topological polar surface area (TPSA) is 32.3 Å². The summed E-state index contributed by atoms with van der Waals surface area (Å²) in [4.78, 5) is 0. The molecule has 0 amide bonds. The van der Waals surface area contributed by atoms with E-state index in [2.05, 4.69) is 33.0 Å². The highest BCUT2D eigenvalue weighted by Gasteiger charge is 2.23. The van der Waals surface area contributed by atoms with Crippen LogP contribution in [0.1, 0.15) is 65.4 Å². The Kier molecular flexibility index (Phi) is 7.08. The molecule has 0 spiro atoms. The van der Waals surface area contributed by atoms with Gasteiger partial charge in [0, 0.05) is 6.04 Å². The van der Waals surface area contributed by atoms with Crippen molar-refractivity contribution in [1.29, 1.82) is 0 Å². The van der Waals surface area contributed by atoms with E-state index in [1.807, 2.05) is 18.2 Å². The number of nitrogens with one attached hydrogen (secondary N) is 1. The van der Waals surface area contributed by atoms with Gasteiger partial charge in [-0.2, -0.15) is 0 Å². The van der Waals surface area contributed by atoms with Crippen molar-refractivity contribution in [3.8, 4) is 5.75 Å². The summed E-state index contributed by atoms with van der Waals surface area (Å²) in [6, 6.07) is 8.30. The van der Waals surface area contributed by atoms with Crippen LogP contribution >= 0.6 is 0 Å². The lowest BCUT2D eigenvalue weighted by Gasteiger charge is -2.27. The molecule has 0 aliphatic heterocycles. The maximum absolute atomic E-state index is 9.99. The van der Waals surface area contributed by atoms with Crippen molar-refractivity contribution in [3.63, 3.8) is 0 Å². The third-order valence-corrected chi connectivity index (χ3v) is 4.10. The van der Waals surface area contributed by atoms with E-state index in [0.29, 0.717) is 11.8 Å². The fraction of sp³-hybridized carbons (Fsp3) is 0.667. The van der Waals surface area contributed by atoms with Crippen molar-refractivity contribution < 1.29 is 5.11 Å². The zero-order valence-corrected chi connectivity index (χ0v) is 13.6. The smallest absolute Gasteiger partial charge is 0.119 e. The van der Waals surface area contributed by atoms with Gasteiger partial charge in [-0.05, 0) is 49.8 Å². The fourth-order valence-corrected chi connectivity index (χ4v) is 2.66. The fourth-order valence-electron chi connectivity index (χ4n) is 2.66. The minimum atomic E-state index is 0.0362. The van der Waals surface area contributed by atoms with Crippen molar-refractivity contribution >= 4 is 0 Å². The number of benzene rings is 1. The summed E-state index contributed by atoms with van der Waals surface area (Å²) in [7, 11) is 0. The first kappa shape index (κ1) is 17.0. The van der Waals surface area contributed by atoms with Gasteiger partial charge in [0.1, 0.15) is 5.75 Å². The lowest BCUT2D eigenvalue weighted by Crippen LogP contribution is -2.27. The summed E-state index contributed by atoms with van der Waals surface area (Å²) >= 11 is 0. The number of rotatable bonds is 9. The number of phenols is 1.